The Balaban J connectivity index is 2.61. The van der Waals surface area contributed by atoms with Gasteiger partial charge in [0.15, 0.2) is 0 Å². The van der Waals surface area contributed by atoms with Gasteiger partial charge in [0.2, 0.25) is 10.0 Å². The lowest BCUT2D eigenvalue weighted by molar-refractivity contribution is -0.125. The number of amides is 2. The minimum Gasteiger partial charge on any atom is -0.444 e. The van der Waals surface area contributed by atoms with E-state index < -0.39 is 33.7 Å². The third kappa shape index (κ3) is 9.55. The minimum absolute atomic E-state index is 0.0211. The number of hydrogen-bond donors (Lipinski definition) is 3. The van der Waals surface area contributed by atoms with E-state index in [1.54, 1.807) is 33.8 Å². The highest BCUT2D eigenvalue weighted by Crippen LogP contribution is 2.16. The van der Waals surface area contributed by atoms with E-state index in [0.29, 0.717) is 5.69 Å². The van der Waals surface area contributed by atoms with Crippen molar-refractivity contribution in [1.29, 1.82) is 0 Å². The molecule has 0 saturated carbocycles. The molecule has 0 aliphatic carbocycles. The second-order valence-corrected chi connectivity index (χ2v) is 8.87. The average Bonchev–Trinajstić information content (AvgIpc) is 2.62. The average molecular weight is 428 g/mol. The van der Waals surface area contributed by atoms with Crippen LogP contribution in [0.4, 0.5) is 10.5 Å². The summed E-state index contributed by atoms with van der Waals surface area (Å²) < 4.78 is 37.5. The summed E-state index contributed by atoms with van der Waals surface area (Å²) in [5.41, 5.74) is -0.318. The first-order chi connectivity index (χ1) is 13.4. The van der Waals surface area contributed by atoms with Crippen LogP contribution in [0.25, 0.3) is 0 Å². The molecule has 2 amide bonds. The van der Waals surface area contributed by atoms with Gasteiger partial charge in [0, 0.05) is 18.8 Å². The molecule has 1 atom stereocenters. The Bertz CT molecular complexity index is 817. The first-order valence-corrected chi connectivity index (χ1v) is 10.5. The zero-order chi connectivity index (χ0) is 22.1. The molecule has 1 aromatic carbocycles. The lowest BCUT2D eigenvalue weighted by Crippen LogP contribution is -2.37. The normalized spacial score (nSPS) is 12.7. The molecule has 0 aliphatic heterocycles. The third-order valence-corrected chi connectivity index (χ3v) is 4.79. The number of carbonyl (C=O) groups is 2. The maximum atomic E-state index is 12.4. The van der Waals surface area contributed by atoms with Gasteiger partial charge >= 0.3 is 6.09 Å². The van der Waals surface area contributed by atoms with Gasteiger partial charge in [0.05, 0.1) is 11.5 Å². The second kappa shape index (κ2) is 10.9. The summed E-state index contributed by atoms with van der Waals surface area (Å²) in [4.78, 5) is 23.6. The number of hydrogen-bond acceptors (Lipinski definition) is 6. The van der Waals surface area contributed by atoms with Crippen LogP contribution >= 0.6 is 0 Å². The van der Waals surface area contributed by atoms with Crippen molar-refractivity contribution >= 4 is 27.7 Å². The highest BCUT2D eigenvalue weighted by atomic mass is 32.2. The molecule has 1 aromatic rings. The molecule has 0 spiro atoms. The Labute approximate surface area is 171 Å². The van der Waals surface area contributed by atoms with Crippen LogP contribution in [0.3, 0.4) is 0 Å². The second-order valence-electron chi connectivity index (χ2n) is 7.11. The summed E-state index contributed by atoms with van der Waals surface area (Å²) >= 11 is 0. The summed E-state index contributed by atoms with van der Waals surface area (Å²) in [6.45, 7) is 10.5. The fourth-order valence-corrected chi connectivity index (χ4v) is 3.10. The standard InChI is InChI=1S/C19H29N3O6S/c1-6-12-27-14(2)17(23)22-15-8-7-9-16(13-15)29(25,26)21-11-10-20-18(24)28-19(3,4)5/h6-9,13-14,21H,1,10-12H2,2-5H3,(H,20,24)(H,22,23). The molecular weight excluding hydrogens is 398 g/mol. The molecule has 3 N–H and O–H groups in total. The van der Waals surface area contributed by atoms with Crippen molar-refractivity contribution in [1.82, 2.24) is 10.0 Å². The largest absolute Gasteiger partial charge is 0.444 e. The van der Waals surface area contributed by atoms with Crippen LogP contribution in [-0.2, 0) is 24.3 Å². The van der Waals surface area contributed by atoms with Crippen LogP contribution in [0.2, 0.25) is 0 Å². The molecule has 1 unspecified atom stereocenters. The summed E-state index contributed by atoms with van der Waals surface area (Å²) in [7, 11) is -3.82. The van der Waals surface area contributed by atoms with Crippen molar-refractivity contribution in [3.63, 3.8) is 0 Å². The smallest absolute Gasteiger partial charge is 0.407 e. The zero-order valence-corrected chi connectivity index (χ0v) is 18.0. The molecule has 0 heterocycles. The van der Waals surface area contributed by atoms with Gasteiger partial charge in [-0.3, -0.25) is 4.79 Å². The fraction of sp³-hybridized carbons (Fsp3) is 0.474. The number of sulfonamides is 1. The molecule has 10 heteroatoms. The Kier molecular flexibility index (Phi) is 9.28. The Hall–Kier alpha value is -2.43. The zero-order valence-electron chi connectivity index (χ0n) is 17.2. The van der Waals surface area contributed by atoms with Crippen LogP contribution in [-0.4, -0.2) is 51.8 Å². The lowest BCUT2D eigenvalue weighted by Gasteiger charge is -2.19. The Morgan fingerprint density at radius 3 is 2.55 bits per heavy atom. The summed E-state index contributed by atoms with van der Waals surface area (Å²) in [6.07, 6.45) is 0.180. The number of carbonyl (C=O) groups excluding carboxylic acids is 2. The first kappa shape index (κ1) is 24.6. The predicted octanol–water partition coefficient (Wildman–Crippen LogP) is 2.02. The predicted molar refractivity (Wildman–Crippen MR) is 110 cm³/mol. The van der Waals surface area contributed by atoms with Gasteiger partial charge < -0.3 is 20.1 Å². The van der Waals surface area contributed by atoms with Crippen LogP contribution in [0.15, 0.2) is 41.8 Å². The van der Waals surface area contributed by atoms with Gasteiger partial charge in [-0.15, -0.1) is 6.58 Å². The van der Waals surface area contributed by atoms with Gasteiger partial charge in [-0.05, 0) is 45.9 Å². The van der Waals surface area contributed by atoms with Crippen molar-refractivity contribution in [2.45, 2.75) is 44.3 Å². The van der Waals surface area contributed by atoms with Crippen molar-refractivity contribution in [3.05, 3.63) is 36.9 Å². The fourth-order valence-electron chi connectivity index (χ4n) is 2.02. The molecule has 0 aliphatic rings. The lowest BCUT2D eigenvalue weighted by atomic mass is 10.2. The van der Waals surface area contributed by atoms with Gasteiger partial charge in [-0.1, -0.05) is 12.1 Å². The Morgan fingerprint density at radius 1 is 1.24 bits per heavy atom. The van der Waals surface area contributed by atoms with Crippen molar-refractivity contribution in [3.8, 4) is 0 Å². The molecule has 0 aromatic heterocycles. The maximum absolute atomic E-state index is 12.4. The van der Waals surface area contributed by atoms with Gasteiger partial charge in [-0.2, -0.15) is 0 Å². The molecule has 0 bridgehead atoms. The van der Waals surface area contributed by atoms with Crippen molar-refractivity contribution < 1.29 is 27.5 Å². The minimum atomic E-state index is -3.82. The van der Waals surface area contributed by atoms with E-state index in [1.807, 2.05) is 0 Å². The molecule has 9 nitrogen and oxygen atoms in total. The molecule has 162 valence electrons. The van der Waals surface area contributed by atoms with E-state index in [9.17, 15) is 18.0 Å². The molecular formula is C19H29N3O6S. The van der Waals surface area contributed by atoms with Gasteiger partial charge in [0.1, 0.15) is 11.7 Å². The van der Waals surface area contributed by atoms with Crippen LogP contribution in [0, 0.1) is 0 Å². The van der Waals surface area contributed by atoms with Crippen LogP contribution in [0.1, 0.15) is 27.7 Å². The number of rotatable bonds is 10. The van der Waals surface area contributed by atoms with Crippen LogP contribution < -0.4 is 15.4 Å². The topological polar surface area (TPSA) is 123 Å². The molecule has 1 rings (SSSR count). The van der Waals surface area contributed by atoms with Crippen molar-refractivity contribution in [2.75, 3.05) is 25.0 Å². The number of alkyl carbamates (subject to hydrolysis) is 1. The van der Waals surface area contributed by atoms with Crippen molar-refractivity contribution in [2.24, 2.45) is 0 Å². The number of ether oxygens (including phenoxy) is 2. The molecule has 0 saturated heterocycles. The number of anilines is 1. The quantitative estimate of drug-likeness (QED) is 0.388. The number of benzene rings is 1. The molecule has 29 heavy (non-hydrogen) atoms. The summed E-state index contributed by atoms with van der Waals surface area (Å²) in [5.74, 6) is -0.407. The molecule has 0 fully saturated rings. The third-order valence-electron chi connectivity index (χ3n) is 3.33. The van der Waals surface area contributed by atoms with Crippen LogP contribution in [0.5, 0.6) is 0 Å². The van der Waals surface area contributed by atoms with E-state index in [2.05, 4.69) is 21.9 Å². The van der Waals surface area contributed by atoms with E-state index in [4.69, 9.17) is 9.47 Å². The summed E-state index contributed by atoms with van der Waals surface area (Å²) in [5, 5.41) is 5.07. The summed E-state index contributed by atoms with van der Waals surface area (Å²) in [6, 6.07) is 5.82. The Morgan fingerprint density at radius 2 is 1.93 bits per heavy atom. The van der Waals surface area contributed by atoms with E-state index in [0.717, 1.165) is 0 Å². The van der Waals surface area contributed by atoms with E-state index >= 15 is 0 Å². The highest BCUT2D eigenvalue weighted by Gasteiger charge is 2.18. The van der Waals surface area contributed by atoms with Gasteiger partial charge in [-0.25, -0.2) is 17.9 Å². The first-order valence-electron chi connectivity index (χ1n) is 9.04. The maximum Gasteiger partial charge on any atom is 0.407 e. The SMILES string of the molecule is C=CCOC(C)C(=O)Nc1cccc(S(=O)(=O)NCCNC(=O)OC(C)(C)C)c1. The number of nitrogens with one attached hydrogen (secondary N) is 3. The molecule has 0 radical (unpaired) electrons. The monoisotopic (exact) mass is 427 g/mol. The van der Waals surface area contributed by atoms with E-state index in [1.165, 1.54) is 24.3 Å². The highest BCUT2D eigenvalue weighted by molar-refractivity contribution is 7.89. The van der Waals surface area contributed by atoms with E-state index in [-0.39, 0.29) is 24.6 Å². The van der Waals surface area contributed by atoms with Gasteiger partial charge in [0.25, 0.3) is 5.91 Å².